The molecular formula is C47H28N2S. The zero-order valence-electron chi connectivity index (χ0n) is 27.0. The molecule has 0 spiro atoms. The summed E-state index contributed by atoms with van der Waals surface area (Å²) in [4.78, 5) is 5.40. The van der Waals surface area contributed by atoms with Crippen molar-refractivity contribution in [1.82, 2.24) is 9.55 Å². The minimum atomic E-state index is 0.988. The number of pyridine rings is 1. The van der Waals surface area contributed by atoms with Crippen molar-refractivity contribution in [2.24, 2.45) is 0 Å². The van der Waals surface area contributed by atoms with Crippen LogP contribution in [0.2, 0.25) is 0 Å². The van der Waals surface area contributed by atoms with E-state index < -0.39 is 0 Å². The van der Waals surface area contributed by atoms with Crippen LogP contribution in [0.4, 0.5) is 0 Å². The van der Waals surface area contributed by atoms with E-state index in [1.54, 1.807) is 0 Å². The SMILES string of the molecule is c1ccc(-c2ccc3c(c2)c2cc(-c4ccc5sc6cc7c8ccccc8c8ccccc8c7cc6c5n4)ccc2n3-c2ccccc2)cc1. The summed E-state index contributed by atoms with van der Waals surface area (Å²) >= 11 is 1.83. The van der Waals surface area contributed by atoms with Gasteiger partial charge in [0.1, 0.15) is 0 Å². The summed E-state index contributed by atoms with van der Waals surface area (Å²) in [5.41, 5.74) is 9.15. The van der Waals surface area contributed by atoms with E-state index in [0.717, 1.165) is 22.5 Å². The molecule has 0 saturated heterocycles. The first kappa shape index (κ1) is 27.6. The first-order valence-electron chi connectivity index (χ1n) is 17.0. The summed E-state index contributed by atoms with van der Waals surface area (Å²) in [7, 11) is 0. The molecule has 0 fully saturated rings. The van der Waals surface area contributed by atoms with Gasteiger partial charge in [0.2, 0.25) is 0 Å². The van der Waals surface area contributed by atoms with Gasteiger partial charge in [-0.25, -0.2) is 4.98 Å². The van der Waals surface area contributed by atoms with Gasteiger partial charge in [-0.3, -0.25) is 0 Å². The van der Waals surface area contributed by atoms with Crippen LogP contribution in [0.1, 0.15) is 0 Å². The van der Waals surface area contributed by atoms with E-state index in [-0.39, 0.29) is 0 Å². The Labute approximate surface area is 292 Å². The summed E-state index contributed by atoms with van der Waals surface area (Å²) in [6.07, 6.45) is 0. The van der Waals surface area contributed by atoms with Gasteiger partial charge in [0, 0.05) is 32.1 Å². The summed E-state index contributed by atoms with van der Waals surface area (Å²) in [6, 6.07) is 61.8. The molecule has 0 unspecified atom stereocenters. The van der Waals surface area contributed by atoms with E-state index in [9.17, 15) is 0 Å². The lowest BCUT2D eigenvalue weighted by Gasteiger charge is -2.10. The van der Waals surface area contributed by atoms with Gasteiger partial charge in [0.25, 0.3) is 0 Å². The number of para-hydroxylation sites is 1. The Morgan fingerprint density at radius 1 is 0.360 bits per heavy atom. The molecule has 0 amide bonds. The molecule has 0 aliphatic carbocycles. The average Bonchev–Trinajstić information content (AvgIpc) is 3.72. The molecule has 3 heteroatoms. The van der Waals surface area contributed by atoms with Crippen molar-refractivity contribution in [3.05, 3.63) is 170 Å². The van der Waals surface area contributed by atoms with Crippen LogP contribution >= 0.6 is 11.3 Å². The minimum absolute atomic E-state index is 0.988. The number of aromatic nitrogens is 2. The van der Waals surface area contributed by atoms with Crippen LogP contribution in [0, 0.1) is 0 Å². The van der Waals surface area contributed by atoms with Gasteiger partial charge in [0.15, 0.2) is 0 Å². The highest BCUT2D eigenvalue weighted by Gasteiger charge is 2.17. The molecule has 0 aliphatic heterocycles. The molecule has 0 atom stereocenters. The number of fused-ring (bicyclic) bond motifs is 12. The first-order valence-corrected chi connectivity index (χ1v) is 17.9. The van der Waals surface area contributed by atoms with Gasteiger partial charge in [0.05, 0.1) is 26.9 Å². The third-order valence-electron chi connectivity index (χ3n) is 10.4. The van der Waals surface area contributed by atoms with Crippen molar-refractivity contribution in [2.45, 2.75) is 0 Å². The Kier molecular flexibility index (Phi) is 5.86. The zero-order chi connectivity index (χ0) is 32.8. The van der Waals surface area contributed by atoms with E-state index in [0.29, 0.717) is 0 Å². The molecule has 11 rings (SSSR count). The summed E-state index contributed by atoms with van der Waals surface area (Å²) < 4.78 is 4.86. The van der Waals surface area contributed by atoms with E-state index >= 15 is 0 Å². The Balaban J connectivity index is 1.14. The normalized spacial score (nSPS) is 12.0. The van der Waals surface area contributed by atoms with Crippen molar-refractivity contribution in [1.29, 1.82) is 0 Å². The summed E-state index contributed by atoms with van der Waals surface area (Å²) in [6.45, 7) is 0. The van der Waals surface area contributed by atoms with Crippen molar-refractivity contribution in [2.75, 3.05) is 0 Å². The fourth-order valence-electron chi connectivity index (χ4n) is 8.05. The van der Waals surface area contributed by atoms with Gasteiger partial charge < -0.3 is 4.57 Å². The van der Waals surface area contributed by atoms with E-state index in [1.807, 2.05) is 11.3 Å². The van der Waals surface area contributed by atoms with E-state index in [1.165, 1.54) is 80.0 Å². The van der Waals surface area contributed by atoms with Crippen LogP contribution in [0.15, 0.2) is 170 Å². The number of hydrogen-bond donors (Lipinski definition) is 0. The van der Waals surface area contributed by atoms with E-state index in [2.05, 4.69) is 174 Å². The van der Waals surface area contributed by atoms with Crippen molar-refractivity contribution in [3.8, 4) is 28.1 Å². The van der Waals surface area contributed by atoms with Gasteiger partial charge in [-0.15, -0.1) is 11.3 Å². The predicted octanol–water partition coefficient (Wildman–Crippen LogP) is 13.3. The monoisotopic (exact) mass is 652 g/mol. The highest BCUT2D eigenvalue weighted by atomic mass is 32.1. The summed E-state index contributed by atoms with van der Waals surface area (Å²) in [5.74, 6) is 0. The molecule has 2 nitrogen and oxygen atoms in total. The second kappa shape index (κ2) is 10.6. The number of rotatable bonds is 3. The maximum atomic E-state index is 5.40. The molecular weight excluding hydrogens is 625 g/mol. The van der Waals surface area contributed by atoms with Gasteiger partial charge in [-0.1, -0.05) is 109 Å². The van der Waals surface area contributed by atoms with Crippen LogP contribution in [-0.2, 0) is 0 Å². The fraction of sp³-hybridized carbons (Fsp3) is 0. The zero-order valence-corrected chi connectivity index (χ0v) is 27.8. The molecule has 0 aliphatic rings. The third-order valence-corrected chi connectivity index (χ3v) is 11.5. The largest absolute Gasteiger partial charge is 0.309 e. The van der Waals surface area contributed by atoms with Crippen molar-refractivity contribution >= 4 is 85.8 Å². The maximum absolute atomic E-state index is 5.40. The first-order chi connectivity index (χ1) is 24.8. The van der Waals surface area contributed by atoms with Gasteiger partial charge in [-0.05, 0) is 104 Å². The topological polar surface area (TPSA) is 17.8 Å². The predicted molar refractivity (Wildman–Crippen MR) is 215 cm³/mol. The molecule has 0 N–H and O–H groups in total. The lowest BCUT2D eigenvalue weighted by Crippen LogP contribution is -1.93. The molecule has 0 radical (unpaired) electrons. The second-order valence-electron chi connectivity index (χ2n) is 13.1. The van der Waals surface area contributed by atoms with Crippen LogP contribution in [0.25, 0.3) is 102 Å². The quantitative estimate of drug-likeness (QED) is 0.174. The average molecular weight is 653 g/mol. The fourth-order valence-corrected chi connectivity index (χ4v) is 9.12. The Morgan fingerprint density at radius 2 is 0.920 bits per heavy atom. The smallest absolute Gasteiger partial charge is 0.0896 e. The highest BCUT2D eigenvalue weighted by molar-refractivity contribution is 7.25. The maximum Gasteiger partial charge on any atom is 0.0896 e. The number of hydrogen-bond acceptors (Lipinski definition) is 2. The van der Waals surface area contributed by atoms with Crippen molar-refractivity contribution in [3.63, 3.8) is 0 Å². The van der Waals surface area contributed by atoms with Crippen LogP contribution < -0.4 is 0 Å². The van der Waals surface area contributed by atoms with Crippen LogP contribution in [-0.4, -0.2) is 9.55 Å². The number of thiophene rings is 1. The second-order valence-corrected chi connectivity index (χ2v) is 14.2. The number of nitrogens with zero attached hydrogens (tertiary/aromatic N) is 2. The lowest BCUT2D eigenvalue weighted by molar-refractivity contribution is 1.18. The van der Waals surface area contributed by atoms with Crippen molar-refractivity contribution < 1.29 is 0 Å². The molecule has 0 saturated carbocycles. The molecule has 11 aromatic rings. The molecule has 0 bridgehead atoms. The molecule has 3 heterocycles. The van der Waals surface area contributed by atoms with Crippen LogP contribution in [0.5, 0.6) is 0 Å². The molecule has 50 heavy (non-hydrogen) atoms. The molecule has 3 aromatic heterocycles. The Morgan fingerprint density at radius 3 is 1.60 bits per heavy atom. The third kappa shape index (κ3) is 4.05. The molecule has 8 aromatic carbocycles. The molecule has 232 valence electrons. The Bertz CT molecular complexity index is 3130. The van der Waals surface area contributed by atoms with Crippen LogP contribution in [0.3, 0.4) is 0 Å². The lowest BCUT2D eigenvalue weighted by atomic mass is 9.93. The highest BCUT2D eigenvalue weighted by Crippen LogP contribution is 2.42. The van der Waals surface area contributed by atoms with Gasteiger partial charge in [-0.2, -0.15) is 0 Å². The van der Waals surface area contributed by atoms with E-state index in [4.69, 9.17) is 4.98 Å². The number of benzene rings is 8. The minimum Gasteiger partial charge on any atom is -0.309 e. The van der Waals surface area contributed by atoms with Gasteiger partial charge >= 0.3 is 0 Å². The Hall–Kier alpha value is -6.29. The summed E-state index contributed by atoms with van der Waals surface area (Å²) in [5, 5.41) is 11.4. The standard InChI is InChI=1S/C47H28N2S/c1-3-11-29(12-4-1)30-19-22-43-39(25-30)40-26-31(20-23-44(40)49(43)32-13-5-2-6-14-32)42-21-24-45-47(48-42)41-27-37-35-17-9-7-15-33(35)34-16-8-10-18-36(34)38(37)28-46(41)50-45/h1-28H.